The average molecular weight is 417 g/mol. The Labute approximate surface area is 175 Å². The van der Waals surface area contributed by atoms with Crippen LogP contribution in [-0.2, 0) is 0 Å². The molecule has 0 radical (unpaired) electrons. The van der Waals surface area contributed by atoms with E-state index in [1.165, 1.54) is 0 Å². The molecular weight excluding hydrogens is 392 g/mol. The largest absolute Gasteiger partial charge is 0.496 e. The number of hydrogen-bond acceptors (Lipinski definition) is 8. The zero-order chi connectivity index (χ0) is 21.1. The molecule has 8 nitrogen and oxygen atoms in total. The molecule has 0 bridgehead atoms. The lowest BCUT2D eigenvalue weighted by Gasteiger charge is -2.17. The van der Waals surface area contributed by atoms with E-state index in [0.29, 0.717) is 40.1 Å². The van der Waals surface area contributed by atoms with Crippen molar-refractivity contribution >= 4 is 34.3 Å². The summed E-state index contributed by atoms with van der Waals surface area (Å²) >= 11 is 6.65. The first kappa shape index (κ1) is 20.9. The molecule has 29 heavy (non-hydrogen) atoms. The Bertz CT molecular complexity index is 1010. The zero-order valence-corrected chi connectivity index (χ0v) is 18.0. The summed E-state index contributed by atoms with van der Waals surface area (Å²) < 4.78 is 10.9. The monoisotopic (exact) mass is 416 g/mol. The van der Waals surface area contributed by atoms with Gasteiger partial charge in [-0.1, -0.05) is 11.6 Å². The molecule has 3 rings (SSSR count). The van der Waals surface area contributed by atoms with E-state index in [-0.39, 0.29) is 5.95 Å². The minimum Gasteiger partial charge on any atom is -0.496 e. The van der Waals surface area contributed by atoms with E-state index in [0.717, 1.165) is 23.1 Å². The van der Waals surface area contributed by atoms with E-state index in [1.54, 1.807) is 26.5 Å². The molecule has 3 aromatic rings. The van der Waals surface area contributed by atoms with Gasteiger partial charge in [-0.25, -0.2) is 15.0 Å². The first-order valence-corrected chi connectivity index (χ1v) is 9.46. The van der Waals surface area contributed by atoms with Crippen molar-refractivity contribution in [2.24, 2.45) is 0 Å². The fraction of sp³-hybridized carbons (Fsp3) is 0.350. The summed E-state index contributed by atoms with van der Waals surface area (Å²) in [5.41, 5.74) is 8.72. The van der Waals surface area contributed by atoms with Gasteiger partial charge in [0.15, 0.2) is 5.82 Å². The minimum atomic E-state index is 0.194. The SMILES string of the molecule is COc1cc(OC)c(Cl)c(-c2cc3cnc(N)nc3c(NCCN(C)C)n2)c1C. The Kier molecular flexibility index (Phi) is 6.24. The molecule has 0 atom stereocenters. The maximum absolute atomic E-state index is 6.65. The van der Waals surface area contributed by atoms with Crippen LogP contribution in [0.4, 0.5) is 11.8 Å². The van der Waals surface area contributed by atoms with Crippen LogP contribution in [0.3, 0.4) is 0 Å². The highest BCUT2D eigenvalue weighted by Gasteiger charge is 2.20. The average Bonchev–Trinajstić information content (AvgIpc) is 2.68. The lowest BCUT2D eigenvalue weighted by Crippen LogP contribution is -2.21. The number of nitrogen functional groups attached to an aromatic ring is 1. The van der Waals surface area contributed by atoms with Gasteiger partial charge in [-0.05, 0) is 27.1 Å². The molecule has 0 aliphatic heterocycles. The predicted molar refractivity (Wildman–Crippen MR) is 117 cm³/mol. The number of benzene rings is 1. The highest BCUT2D eigenvalue weighted by Crippen LogP contribution is 2.43. The van der Waals surface area contributed by atoms with Gasteiger partial charge in [-0.2, -0.15) is 0 Å². The third kappa shape index (κ3) is 4.28. The van der Waals surface area contributed by atoms with Crippen molar-refractivity contribution in [3.05, 3.63) is 28.9 Å². The molecule has 0 aliphatic carbocycles. The van der Waals surface area contributed by atoms with E-state index in [9.17, 15) is 0 Å². The van der Waals surface area contributed by atoms with Crippen LogP contribution in [0.1, 0.15) is 5.56 Å². The number of hydrogen-bond donors (Lipinski definition) is 2. The number of fused-ring (bicyclic) bond motifs is 1. The summed E-state index contributed by atoms with van der Waals surface area (Å²) in [5, 5.41) is 4.61. The van der Waals surface area contributed by atoms with Crippen LogP contribution < -0.4 is 20.5 Å². The zero-order valence-electron chi connectivity index (χ0n) is 17.2. The molecule has 0 unspecified atom stereocenters. The van der Waals surface area contributed by atoms with Crippen LogP contribution in [0.5, 0.6) is 11.5 Å². The summed E-state index contributed by atoms with van der Waals surface area (Å²) in [6.45, 7) is 3.46. The summed E-state index contributed by atoms with van der Waals surface area (Å²) in [6.07, 6.45) is 1.68. The molecule has 1 aromatic carbocycles. The number of halogens is 1. The normalized spacial score (nSPS) is 11.1. The van der Waals surface area contributed by atoms with Gasteiger partial charge in [0.1, 0.15) is 17.0 Å². The van der Waals surface area contributed by atoms with Crippen molar-refractivity contribution in [3.63, 3.8) is 0 Å². The van der Waals surface area contributed by atoms with Crippen LogP contribution in [0.25, 0.3) is 22.2 Å². The van der Waals surface area contributed by atoms with Crippen LogP contribution in [-0.4, -0.2) is 61.3 Å². The third-order valence-electron chi connectivity index (χ3n) is 4.57. The Morgan fingerprint density at radius 3 is 2.52 bits per heavy atom. The number of nitrogens with two attached hydrogens (primary N) is 1. The minimum absolute atomic E-state index is 0.194. The summed E-state index contributed by atoms with van der Waals surface area (Å²) in [5.74, 6) is 1.99. The first-order valence-electron chi connectivity index (χ1n) is 9.09. The second kappa shape index (κ2) is 8.67. The van der Waals surface area contributed by atoms with Crippen molar-refractivity contribution in [1.82, 2.24) is 19.9 Å². The summed E-state index contributed by atoms with van der Waals surface area (Å²) in [6, 6.07) is 3.65. The molecule has 0 fully saturated rings. The van der Waals surface area contributed by atoms with Crippen LogP contribution in [0, 0.1) is 6.92 Å². The fourth-order valence-electron chi connectivity index (χ4n) is 3.07. The Hall–Kier alpha value is -2.84. The lowest BCUT2D eigenvalue weighted by molar-refractivity contribution is 0.393. The smallest absolute Gasteiger partial charge is 0.220 e. The van der Waals surface area contributed by atoms with Gasteiger partial charge in [-0.3, -0.25) is 0 Å². The van der Waals surface area contributed by atoms with Crippen molar-refractivity contribution < 1.29 is 9.47 Å². The number of nitrogens with zero attached hydrogens (tertiary/aromatic N) is 4. The number of methoxy groups -OCH3 is 2. The highest BCUT2D eigenvalue weighted by molar-refractivity contribution is 6.35. The molecule has 2 heterocycles. The van der Waals surface area contributed by atoms with Crippen LogP contribution in [0.15, 0.2) is 18.3 Å². The number of ether oxygens (including phenoxy) is 2. The first-order chi connectivity index (χ1) is 13.8. The Balaban J connectivity index is 2.21. The number of anilines is 2. The number of rotatable bonds is 7. The van der Waals surface area contributed by atoms with Gasteiger partial charge in [0.05, 0.1) is 24.9 Å². The van der Waals surface area contributed by atoms with E-state index in [2.05, 4.69) is 20.2 Å². The molecule has 154 valence electrons. The molecular formula is C20H25ClN6O2. The second-order valence-corrected chi connectivity index (χ2v) is 7.23. The number of nitrogens with one attached hydrogen (secondary N) is 1. The fourth-order valence-corrected chi connectivity index (χ4v) is 3.44. The number of pyridine rings is 1. The standard InChI is InChI=1S/C20H25ClN6O2/c1-11-14(28-4)9-15(29-5)17(21)16(11)13-8-12-10-24-20(22)26-18(12)19(25-13)23-6-7-27(2)3/h8-10H,6-7H2,1-5H3,(H,23,25)(H2,22,24,26). The van der Waals surface area contributed by atoms with Crippen molar-refractivity contribution in [3.8, 4) is 22.8 Å². The van der Waals surface area contributed by atoms with E-state index >= 15 is 0 Å². The van der Waals surface area contributed by atoms with Gasteiger partial charge in [0.25, 0.3) is 0 Å². The maximum atomic E-state index is 6.65. The highest BCUT2D eigenvalue weighted by atomic mass is 35.5. The van der Waals surface area contributed by atoms with Gasteiger partial charge in [0.2, 0.25) is 5.95 Å². The summed E-state index contributed by atoms with van der Waals surface area (Å²) in [4.78, 5) is 15.4. The van der Waals surface area contributed by atoms with Gasteiger partial charge in [0, 0.05) is 41.9 Å². The Morgan fingerprint density at radius 2 is 1.86 bits per heavy atom. The van der Waals surface area contributed by atoms with E-state index in [4.69, 9.17) is 31.8 Å². The molecule has 0 saturated heterocycles. The van der Waals surface area contributed by atoms with Crippen molar-refractivity contribution in [2.45, 2.75) is 6.92 Å². The number of aromatic nitrogens is 3. The molecule has 0 saturated carbocycles. The molecule has 2 aromatic heterocycles. The maximum Gasteiger partial charge on any atom is 0.220 e. The molecule has 3 N–H and O–H groups in total. The lowest BCUT2D eigenvalue weighted by atomic mass is 10.0. The second-order valence-electron chi connectivity index (χ2n) is 6.85. The predicted octanol–water partition coefficient (Wildman–Crippen LogP) is 3.23. The number of likely N-dealkylation sites (N-methyl/N-ethyl adjacent to an activating group) is 1. The van der Waals surface area contributed by atoms with E-state index in [1.807, 2.05) is 27.1 Å². The quantitative estimate of drug-likeness (QED) is 0.605. The van der Waals surface area contributed by atoms with E-state index < -0.39 is 0 Å². The van der Waals surface area contributed by atoms with Gasteiger partial charge in [-0.15, -0.1) is 0 Å². The summed E-state index contributed by atoms with van der Waals surface area (Å²) in [7, 11) is 7.20. The van der Waals surface area contributed by atoms with Crippen LogP contribution >= 0.6 is 11.6 Å². The van der Waals surface area contributed by atoms with Crippen LogP contribution in [0.2, 0.25) is 5.02 Å². The molecule has 9 heteroatoms. The van der Waals surface area contributed by atoms with Gasteiger partial charge < -0.3 is 25.4 Å². The van der Waals surface area contributed by atoms with Gasteiger partial charge >= 0.3 is 0 Å². The third-order valence-corrected chi connectivity index (χ3v) is 4.95. The molecule has 0 amide bonds. The topological polar surface area (TPSA) is 98.4 Å². The Morgan fingerprint density at radius 1 is 1.14 bits per heavy atom. The van der Waals surface area contributed by atoms with Crippen molar-refractivity contribution in [2.75, 3.05) is 52.5 Å². The molecule has 0 spiro atoms. The van der Waals surface area contributed by atoms with Crippen molar-refractivity contribution in [1.29, 1.82) is 0 Å². The molecule has 0 aliphatic rings.